The summed E-state index contributed by atoms with van der Waals surface area (Å²) >= 11 is 5.71. The number of benzene rings is 2. The molecule has 0 fully saturated rings. The molecule has 3 nitrogen and oxygen atoms in total. The third-order valence-electron chi connectivity index (χ3n) is 3.25. The van der Waals surface area contributed by atoms with Gasteiger partial charge in [-0.15, -0.1) is 0 Å². The summed E-state index contributed by atoms with van der Waals surface area (Å²) < 4.78 is 40.2. The van der Waals surface area contributed by atoms with Gasteiger partial charge in [0, 0.05) is 16.1 Å². The molecule has 0 spiro atoms. The van der Waals surface area contributed by atoms with Crippen LogP contribution in [0.4, 0.5) is 13.2 Å². The van der Waals surface area contributed by atoms with Crippen molar-refractivity contribution in [2.24, 2.45) is 10.7 Å². The number of aliphatic imine (C=N–C) groups is 1. The van der Waals surface area contributed by atoms with Crippen molar-refractivity contribution in [3.63, 3.8) is 0 Å². The van der Waals surface area contributed by atoms with Crippen LogP contribution in [0.5, 0.6) is 0 Å². The van der Waals surface area contributed by atoms with Crippen molar-refractivity contribution < 1.29 is 18.3 Å². The molecule has 0 radical (unpaired) electrons. The van der Waals surface area contributed by atoms with Gasteiger partial charge < -0.3 is 10.8 Å². The maximum absolute atomic E-state index is 13.4. The molecule has 1 atom stereocenters. The smallest absolute Gasteiger partial charge is 0.383 e. The number of amidine groups is 1. The Bertz CT molecular complexity index is 729. The fraction of sp³-hybridized carbons (Fsp3) is 0.188. The van der Waals surface area contributed by atoms with Crippen molar-refractivity contribution >= 4 is 17.4 Å². The number of aliphatic hydroxyl groups is 1. The van der Waals surface area contributed by atoms with E-state index < -0.39 is 23.3 Å². The van der Waals surface area contributed by atoms with Crippen LogP contribution in [-0.2, 0) is 5.72 Å². The predicted octanol–water partition coefficient (Wildman–Crippen LogP) is 3.76. The number of hydrogen-bond acceptors (Lipinski definition) is 2. The molecular formula is C16H14ClF3N2O. The lowest BCUT2D eigenvalue weighted by Gasteiger charge is -2.27. The zero-order valence-corrected chi connectivity index (χ0v) is 12.9. The Morgan fingerprint density at radius 3 is 2.26 bits per heavy atom. The Morgan fingerprint density at radius 1 is 1.13 bits per heavy atom. The molecule has 0 heterocycles. The topological polar surface area (TPSA) is 58.6 Å². The van der Waals surface area contributed by atoms with Crippen LogP contribution in [-0.4, -0.2) is 17.1 Å². The van der Waals surface area contributed by atoms with Gasteiger partial charge in [0.05, 0.1) is 0 Å². The van der Waals surface area contributed by atoms with E-state index in [1.54, 1.807) is 12.1 Å². The van der Waals surface area contributed by atoms with E-state index in [2.05, 4.69) is 4.99 Å². The lowest BCUT2D eigenvalue weighted by molar-refractivity contribution is -0.263. The standard InChI is InChI=1S/C16H14ClF3N2O/c1-10-5-7-11(8-6-10)14(21)22-15(23,16(18,19)20)12-3-2-4-13(17)9-12/h2-9,23H,1H3,(H2,21,22). The molecule has 0 saturated heterocycles. The van der Waals surface area contributed by atoms with Crippen LogP contribution in [0.2, 0.25) is 5.02 Å². The van der Waals surface area contributed by atoms with Crippen molar-refractivity contribution in [2.45, 2.75) is 18.8 Å². The Morgan fingerprint density at radius 2 is 1.74 bits per heavy atom. The quantitative estimate of drug-likeness (QED) is 0.659. The number of nitrogens with two attached hydrogens (primary N) is 1. The number of alkyl halides is 3. The number of nitrogens with zero attached hydrogens (tertiary/aromatic N) is 1. The highest BCUT2D eigenvalue weighted by atomic mass is 35.5. The fourth-order valence-electron chi connectivity index (χ4n) is 1.96. The van der Waals surface area contributed by atoms with E-state index >= 15 is 0 Å². The molecule has 1 unspecified atom stereocenters. The molecule has 0 bridgehead atoms. The molecule has 3 N–H and O–H groups in total. The minimum atomic E-state index is -5.06. The van der Waals surface area contributed by atoms with Crippen LogP contribution in [0.3, 0.4) is 0 Å². The van der Waals surface area contributed by atoms with E-state index in [-0.39, 0.29) is 10.6 Å². The average molecular weight is 343 g/mol. The van der Waals surface area contributed by atoms with Gasteiger partial charge in [-0.05, 0) is 19.1 Å². The molecule has 122 valence electrons. The Kier molecular flexibility index (Phi) is 4.68. The van der Waals surface area contributed by atoms with Crippen molar-refractivity contribution in [2.75, 3.05) is 0 Å². The van der Waals surface area contributed by atoms with Gasteiger partial charge in [0.25, 0.3) is 5.72 Å². The lowest BCUT2D eigenvalue weighted by atomic mass is 10.0. The van der Waals surface area contributed by atoms with Gasteiger partial charge in [0.1, 0.15) is 5.84 Å². The van der Waals surface area contributed by atoms with Gasteiger partial charge >= 0.3 is 6.18 Å². The highest BCUT2D eigenvalue weighted by Crippen LogP contribution is 2.41. The molecule has 0 aromatic heterocycles. The molecule has 0 aliphatic carbocycles. The molecular weight excluding hydrogens is 329 g/mol. The Labute approximate surface area is 136 Å². The molecule has 0 aliphatic heterocycles. The first-order valence-corrected chi connectivity index (χ1v) is 6.99. The Hall–Kier alpha value is -2.05. The molecule has 7 heteroatoms. The maximum atomic E-state index is 13.4. The first-order chi connectivity index (χ1) is 10.6. The zero-order valence-electron chi connectivity index (χ0n) is 12.1. The predicted molar refractivity (Wildman–Crippen MR) is 83.3 cm³/mol. The van der Waals surface area contributed by atoms with Crippen molar-refractivity contribution in [1.82, 2.24) is 0 Å². The normalized spacial score (nSPS) is 15.3. The maximum Gasteiger partial charge on any atom is 0.443 e. The van der Waals surface area contributed by atoms with E-state index in [4.69, 9.17) is 17.3 Å². The lowest BCUT2D eigenvalue weighted by Crippen LogP contribution is -2.42. The molecule has 2 aromatic carbocycles. The van der Waals surface area contributed by atoms with Gasteiger partial charge in [-0.25, -0.2) is 4.99 Å². The van der Waals surface area contributed by atoms with E-state index in [0.29, 0.717) is 0 Å². The van der Waals surface area contributed by atoms with Crippen molar-refractivity contribution in [3.05, 3.63) is 70.2 Å². The molecule has 2 rings (SSSR count). The minimum Gasteiger partial charge on any atom is -0.383 e. The molecule has 0 aliphatic rings. The summed E-state index contributed by atoms with van der Waals surface area (Å²) in [4.78, 5) is 3.36. The second-order valence-corrected chi connectivity index (χ2v) is 5.48. The van der Waals surface area contributed by atoms with Gasteiger partial charge in [0.2, 0.25) is 0 Å². The summed E-state index contributed by atoms with van der Waals surface area (Å²) in [5, 5.41) is 10.2. The second-order valence-electron chi connectivity index (χ2n) is 5.04. The molecule has 2 aromatic rings. The number of aryl methyl sites for hydroxylation is 1. The first kappa shape index (κ1) is 17.3. The van der Waals surface area contributed by atoms with Crippen LogP contribution >= 0.6 is 11.6 Å². The molecule has 0 amide bonds. The summed E-state index contributed by atoms with van der Waals surface area (Å²) in [7, 11) is 0. The molecule has 23 heavy (non-hydrogen) atoms. The third kappa shape index (κ3) is 3.65. The summed E-state index contributed by atoms with van der Waals surface area (Å²) in [6, 6.07) is 11.2. The van der Waals surface area contributed by atoms with Crippen LogP contribution < -0.4 is 5.73 Å². The SMILES string of the molecule is Cc1ccc(/C(N)=N/C(O)(c2cccc(Cl)c2)C(F)(F)F)cc1. The highest BCUT2D eigenvalue weighted by Gasteiger charge is 2.56. The highest BCUT2D eigenvalue weighted by molar-refractivity contribution is 6.30. The van der Waals surface area contributed by atoms with E-state index in [9.17, 15) is 18.3 Å². The Balaban J connectivity index is 2.55. The first-order valence-electron chi connectivity index (χ1n) is 6.61. The average Bonchev–Trinajstić information content (AvgIpc) is 2.46. The van der Waals surface area contributed by atoms with Crippen LogP contribution in [0.25, 0.3) is 0 Å². The van der Waals surface area contributed by atoms with Crippen molar-refractivity contribution in [3.8, 4) is 0 Å². The summed E-state index contributed by atoms with van der Waals surface area (Å²) in [5.41, 5.74) is 2.87. The van der Waals surface area contributed by atoms with Gasteiger partial charge in [-0.1, -0.05) is 53.6 Å². The summed E-state index contributed by atoms with van der Waals surface area (Å²) in [6.45, 7) is 1.83. The van der Waals surface area contributed by atoms with Crippen LogP contribution in [0, 0.1) is 6.92 Å². The zero-order chi connectivity index (χ0) is 17.3. The number of halogens is 4. The number of hydrogen-bond donors (Lipinski definition) is 2. The van der Waals surface area contributed by atoms with E-state index in [1.165, 1.54) is 24.3 Å². The van der Waals surface area contributed by atoms with Gasteiger partial charge in [-0.3, -0.25) is 0 Å². The third-order valence-corrected chi connectivity index (χ3v) is 3.49. The molecule has 0 saturated carbocycles. The van der Waals surface area contributed by atoms with E-state index in [1.807, 2.05) is 6.92 Å². The van der Waals surface area contributed by atoms with Crippen LogP contribution in [0.1, 0.15) is 16.7 Å². The van der Waals surface area contributed by atoms with E-state index in [0.717, 1.165) is 17.7 Å². The summed E-state index contributed by atoms with van der Waals surface area (Å²) in [6.07, 6.45) is -5.06. The van der Waals surface area contributed by atoms with Gasteiger partial charge in [0.15, 0.2) is 0 Å². The monoisotopic (exact) mass is 342 g/mol. The van der Waals surface area contributed by atoms with Crippen LogP contribution in [0.15, 0.2) is 53.5 Å². The fourth-order valence-corrected chi connectivity index (χ4v) is 2.15. The largest absolute Gasteiger partial charge is 0.443 e. The van der Waals surface area contributed by atoms with Crippen molar-refractivity contribution in [1.29, 1.82) is 0 Å². The second kappa shape index (κ2) is 6.22. The van der Waals surface area contributed by atoms with Gasteiger partial charge in [-0.2, -0.15) is 13.2 Å². The minimum absolute atomic E-state index is 0.0503. The summed E-state index contributed by atoms with van der Waals surface area (Å²) in [5.74, 6) is -0.426. The number of rotatable bonds is 3.